The zero-order valence-electron chi connectivity index (χ0n) is 19.1. The van der Waals surface area contributed by atoms with Crippen molar-refractivity contribution >= 4 is 75.3 Å². The van der Waals surface area contributed by atoms with Crippen LogP contribution in [0.4, 0.5) is 0 Å². The van der Waals surface area contributed by atoms with Crippen molar-refractivity contribution < 1.29 is 13.0 Å². The van der Waals surface area contributed by atoms with E-state index in [1.54, 1.807) is 24.3 Å². The van der Waals surface area contributed by atoms with E-state index in [2.05, 4.69) is 9.97 Å². The van der Waals surface area contributed by atoms with Crippen molar-refractivity contribution in [2.24, 2.45) is 0 Å². The number of aromatic nitrogens is 2. The Balaban J connectivity index is 1.69. The fourth-order valence-electron chi connectivity index (χ4n) is 5.24. The number of rotatable bonds is 1. The van der Waals surface area contributed by atoms with E-state index < -0.39 is 31.3 Å². The topological polar surface area (TPSA) is 148 Å². The van der Waals surface area contributed by atoms with Gasteiger partial charge in [0.1, 0.15) is 15.9 Å². The monoisotopic (exact) mass is 520 g/mol. The lowest BCUT2D eigenvalue weighted by Gasteiger charge is -2.09. The molecule has 7 rings (SSSR count). The third-order valence-electron chi connectivity index (χ3n) is 6.91. The van der Waals surface area contributed by atoms with Crippen molar-refractivity contribution in [3.63, 3.8) is 0 Å². The van der Waals surface area contributed by atoms with Gasteiger partial charge in [-0.05, 0) is 30.3 Å². The molecule has 0 bridgehead atoms. The molecule has 38 heavy (non-hydrogen) atoms. The molecule has 0 aliphatic carbocycles. The first-order valence-corrected chi connectivity index (χ1v) is 12.8. The molecule has 0 amide bonds. The van der Waals surface area contributed by atoms with Crippen molar-refractivity contribution in [2.45, 2.75) is 4.90 Å². The van der Waals surface area contributed by atoms with Gasteiger partial charge in [-0.1, -0.05) is 36.4 Å². The summed E-state index contributed by atoms with van der Waals surface area (Å²) in [6.07, 6.45) is 0. The van der Waals surface area contributed by atoms with Crippen LogP contribution in [0.25, 0.3) is 65.2 Å². The quantitative estimate of drug-likeness (QED) is 0.196. The smallest absolute Gasteiger partial charge is 0.289 e. The Hall–Kier alpha value is -4.93. The maximum atomic E-state index is 13.6. The molecule has 10 heteroatoms. The van der Waals surface area contributed by atoms with Crippen LogP contribution in [-0.4, -0.2) is 22.9 Å². The molecule has 0 saturated carbocycles. The Morgan fingerprint density at radius 1 is 0.500 bits per heavy atom. The van der Waals surface area contributed by atoms with Gasteiger partial charge in [-0.2, -0.15) is 8.42 Å². The van der Waals surface area contributed by atoms with E-state index in [9.17, 15) is 32.1 Å². The summed E-state index contributed by atoms with van der Waals surface area (Å²) in [5.74, 6) is 0. The van der Waals surface area contributed by atoms with E-state index in [0.717, 1.165) is 6.07 Å². The van der Waals surface area contributed by atoms with Crippen molar-refractivity contribution in [1.29, 1.82) is 0 Å². The van der Waals surface area contributed by atoms with E-state index in [4.69, 9.17) is 0 Å². The molecule has 6 aromatic carbocycles. The minimum atomic E-state index is -4.77. The lowest BCUT2D eigenvalue weighted by Crippen LogP contribution is -2.17. The fraction of sp³-hybridized carbons (Fsp3) is 0. The Labute approximate surface area is 210 Å². The number of hydrogen-bond acceptors (Lipinski definition) is 8. The number of fused-ring (bicyclic) bond motifs is 8. The van der Waals surface area contributed by atoms with E-state index in [0.29, 0.717) is 5.39 Å². The Morgan fingerprint density at radius 3 is 1.53 bits per heavy atom. The molecule has 1 N–H and O–H groups in total. The first-order valence-electron chi connectivity index (χ1n) is 11.3. The van der Waals surface area contributed by atoms with Crippen LogP contribution in [0.15, 0.2) is 90.8 Å². The molecule has 1 heterocycles. The molecule has 0 unspecified atom stereocenters. The highest BCUT2D eigenvalue weighted by Crippen LogP contribution is 2.28. The predicted molar refractivity (Wildman–Crippen MR) is 144 cm³/mol. The highest BCUT2D eigenvalue weighted by atomic mass is 32.2. The van der Waals surface area contributed by atoms with E-state index in [1.165, 1.54) is 36.4 Å². The van der Waals surface area contributed by atoms with Gasteiger partial charge < -0.3 is 0 Å². The second-order valence-electron chi connectivity index (χ2n) is 8.95. The van der Waals surface area contributed by atoms with Crippen LogP contribution in [0, 0.1) is 0 Å². The highest BCUT2D eigenvalue weighted by Gasteiger charge is 2.22. The second kappa shape index (κ2) is 7.31. The van der Waals surface area contributed by atoms with Crippen molar-refractivity contribution in [2.75, 3.05) is 0 Å². The van der Waals surface area contributed by atoms with Crippen molar-refractivity contribution in [3.8, 4) is 0 Å². The van der Waals surface area contributed by atoms with Crippen molar-refractivity contribution in [3.05, 3.63) is 108 Å². The zero-order chi connectivity index (χ0) is 26.5. The molecule has 0 radical (unpaired) electrons. The summed E-state index contributed by atoms with van der Waals surface area (Å²) in [5.41, 5.74) is -1.37. The largest absolute Gasteiger partial charge is 0.295 e. The van der Waals surface area contributed by atoms with Crippen LogP contribution >= 0.6 is 0 Å². The first-order chi connectivity index (χ1) is 18.2. The van der Waals surface area contributed by atoms with Crippen LogP contribution < -0.4 is 21.7 Å². The SMILES string of the molecule is O=c1c2ccccc2c(=O)c2c1ccc1nc3c(ccc4c(=O)c5c(S(=O)(=O)O)cccc5c(=O)c43)nc12. The fourth-order valence-corrected chi connectivity index (χ4v) is 5.96. The number of nitrogens with zero attached hydrogens (tertiary/aromatic N) is 2. The van der Waals surface area contributed by atoms with Crippen LogP contribution in [-0.2, 0) is 10.1 Å². The van der Waals surface area contributed by atoms with E-state index >= 15 is 0 Å². The first kappa shape index (κ1) is 22.3. The van der Waals surface area contributed by atoms with Gasteiger partial charge in [0, 0.05) is 26.9 Å². The van der Waals surface area contributed by atoms with Crippen LogP contribution in [0.5, 0.6) is 0 Å². The minimum absolute atomic E-state index is 0.0626. The van der Waals surface area contributed by atoms with Gasteiger partial charge >= 0.3 is 0 Å². The molecule has 9 nitrogen and oxygen atoms in total. The molecule has 0 saturated heterocycles. The average Bonchev–Trinajstić information content (AvgIpc) is 2.91. The molecule has 0 spiro atoms. The number of hydrogen-bond donors (Lipinski definition) is 1. The maximum absolute atomic E-state index is 13.6. The molecule has 0 aliphatic rings. The Bertz CT molecular complexity index is 2570. The molecule has 182 valence electrons. The molecule has 0 atom stereocenters. The summed E-state index contributed by atoms with van der Waals surface area (Å²) in [6, 6.07) is 15.9. The standard InChI is InChI=1S/C28H12N2O7S/c31-25-12-4-1-2-5-13(12)26(32)21-15(25)8-10-17-23(21)29-18-11-9-16-22(24(18)30-17)28(34)14-6-3-7-19(38(35,36)37)20(14)27(16)33/h1-11H,(H,35,36,37). The Morgan fingerprint density at radius 2 is 0.947 bits per heavy atom. The minimum Gasteiger partial charge on any atom is -0.289 e. The van der Waals surface area contributed by atoms with Crippen LogP contribution in [0.3, 0.4) is 0 Å². The average molecular weight is 520 g/mol. The van der Waals surface area contributed by atoms with Gasteiger partial charge in [0.15, 0.2) is 21.7 Å². The molecule has 0 aliphatic heterocycles. The highest BCUT2D eigenvalue weighted by molar-refractivity contribution is 7.86. The van der Waals surface area contributed by atoms with Crippen LogP contribution in [0.1, 0.15) is 0 Å². The third kappa shape index (κ3) is 2.81. The van der Waals surface area contributed by atoms with Gasteiger partial charge in [0.25, 0.3) is 10.1 Å². The van der Waals surface area contributed by atoms with Gasteiger partial charge in [0.05, 0.1) is 27.2 Å². The molecular weight excluding hydrogens is 508 g/mol. The van der Waals surface area contributed by atoms with Gasteiger partial charge in [0.2, 0.25) is 0 Å². The van der Waals surface area contributed by atoms with E-state index in [1.807, 2.05) is 0 Å². The normalized spacial score (nSPS) is 12.4. The Kier molecular flexibility index (Phi) is 4.29. The summed E-state index contributed by atoms with van der Waals surface area (Å²) in [5, 5.41) is 0.142. The summed E-state index contributed by atoms with van der Waals surface area (Å²) in [4.78, 5) is 61.9. The maximum Gasteiger partial charge on any atom is 0.295 e. The van der Waals surface area contributed by atoms with Gasteiger partial charge in [-0.15, -0.1) is 0 Å². The predicted octanol–water partition coefficient (Wildman–Crippen LogP) is 2.96. The molecular formula is C28H12N2O7S. The van der Waals surface area contributed by atoms with Crippen LogP contribution in [0.2, 0.25) is 0 Å². The van der Waals surface area contributed by atoms with Crippen molar-refractivity contribution in [1.82, 2.24) is 9.97 Å². The zero-order valence-corrected chi connectivity index (χ0v) is 19.9. The summed E-state index contributed by atoms with van der Waals surface area (Å²) in [6.45, 7) is 0. The van der Waals surface area contributed by atoms with Gasteiger partial charge in [-0.25, -0.2) is 9.97 Å². The third-order valence-corrected chi connectivity index (χ3v) is 7.81. The second-order valence-corrected chi connectivity index (χ2v) is 10.3. The lowest BCUT2D eigenvalue weighted by atomic mass is 9.99. The number of benzene rings is 6. The van der Waals surface area contributed by atoms with Gasteiger partial charge in [-0.3, -0.25) is 23.7 Å². The molecule has 7 aromatic rings. The summed E-state index contributed by atoms with van der Waals surface area (Å²) >= 11 is 0. The summed E-state index contributed by atoms with van der Waals surface area (Å²) < 4.78 is 33.4. The van der Waals surface area contributed by atoms with E-state index in [-0.39, 0.29) is 65.2 Å². The molecule has 0 fully saturated rings. The molecule has 1 aromatic heterocycles. The lowest BCUT2D eigenvalue weighted by molar-refractivity contribution is 0.484. The summed E-state index contributed by atoms with van der Waals surface area (Å²) in [7, 11) is -4.77.